The number of hydrogen-bond donors (Lipinski definition) is 1. The Balaban J connectivity index is 1.84. The standard InChI is InChI=1S/C15H16N4S/c1-9-8-20-14(17-9)7-19-13-5-4-11(16)6-12(13)18-15(19)10-2-3-10/h4-6,8,10H,2-3,7,16H2,1H3. The molecule has 0 unspecified atom stereocenters. The third-order valence-corrected chi connectivity index (χ3v) is 4.66. The fourth-order valence-electron chi connectivity index (χ4n) is 2.60. The van der Waals surface area contributed by atoms with E-state index in [2.05, 4.69) is 21.0 Å². The van der Waals surface area contributed by atoms with E-state index in [4.69, 9.17) is 10.7 Å². The lowest BCUT2D eigenvalue weighted by Crippen LogP contribution is -2.04. The third-order valence-electron chi connectivity index (χ3n) is 3.70. The summed E-state index contributed by atoms with van der Waals surface area (Å²) in [4.78, 5) is 9.37. The summed E-state index contributed by atoms with van der Waals surface area (Å²) in [5, 5.41) is 3.24. The van der Waals surface area contributed by atoms with Crippen molar-refractivity contribution in [3.05, 3.63) is 40.1 Å². The molecular formula is C15H16N4S. The van der Waals surface area contributed by atoms with E-state index in [0.717, 1.165) is 34.0 Å². The van der Waals surface area contributed by atoms with E-state index >= 15 is 0 Å². The minimum atomic E-state index is 0.615. The highest BCUT2D eigenvalue weighted by molar-refractivity contribution is 7.09. The molecule has 4 rings (SSSR count). The molecule has 102 valence electrons. The predicted molar refractivity (Wildman–Crippen MR) is 82.1 cm³/mol. The Bertz CT molecular complexity index is 782. The van der Waals surface area contributed by atoms with Gasteiger partial charge in [0.1, 0.15) is 10.8 Å². The molecule has 0 saturated heterocycles. The Morgan fingerprint density at radius 1 is 1.35 bits per heavy atom. The molecule has 0 amide bonds. The van der Waals surface area contributed by atoms with Gasteiger partial charge in [0, 0.05) is 22.7 Å². The van der Waals surface area contributed by atoms with E-state index in [1.807, 2.05) is 19.1 Å². The van der Waals surface area contributed by atoms with Gasteiger partial charge in [-0.2, -0.15) is 0 Å². The van der Waals surface area contributed by atoms with E-state index in [0.29, 0.717) is 5.92 Å². The molecule has 1 aliphatic carbocycles. The maximum atomic E-state index is 5.87. The van der Waals surface area contributed by atoms with Crippen LogP contribution in [0.15, 0.2) is 23.6 Å². The molecule has 0 spiro atoms. The largest absolute Gasteiger partial charge is 0.399 e. The molecule has 2 heterocycles. The van der Waals surface area contributed by atoms with Gasteiger partial charge in [-0.25, -0.2) is 9.97 Å². The molecular weight excluding hydrogens is 268 g/mol. The first-order chi connectivity index (χ1) is 9.70. The molecule has 2 N–H and O–H groups in total. The average molecular weight is 284 g/mol. The van der Waals surface area contributed by atoms with E-state index in [-0.39, 0.29) is 0 Å². The van der Waals surface area contributed by atoms with E-state index in [1.54, 1.807) is 11.3 Å². The van der Waals surface area contributed by atoms with Crippen LogP contribution in [-0.2, 0) is 6.54 Å². The molecule has 1 aromatic carbocycles. The molecule has 5 heteroatoms. The van der Waals surface area contributed by atoms with Gasteiger partial charge in [0.2, 0.25) is 0 Å². The van der Waals surface area contributed by atoms with Crippen molar-refractivity contribution in [1.29, 1.82) is 0 Å². The topological polar surface area (TPSA) is 56.7 Å². The molecule has 1 aliphatic rings. The zero-order valence-electron chi connectivity index (χ0n) is 11.3. The van der Waals surface area contributed by atoms with Crippen LogP contribution in [0, 0.1) is 6.92 Å². The number of nitrogens with two attached hydrogens (primary N) is 1. The predicted octanol–water partition coefficient (Wildman–Crippen LogP) is 3.31. The molecule has 4 nitrogen and oxygen atoms in total. The van der Waals surface area contributed by atoms with Crippen molar-refractivity contribution in [2.24, 2.45) is 0 Å². The first-order valence-electron chi connectivity index (χ1n) is 6.87. The summed E-state index contributed by atoms with van der Waals surface area (Å²) in [6.07, 6.45) is 2.49. The Morgan fingerprint density at radius 3 is 2.90 bits per heavy atom. The lowest BCUT2D eigenvalue weighted by Gasteiger charge is -2.06. The van der Waals surface area contributed by atoms with Crippen molar-refractivity contribution in [2.75, 3.05) is 5.73 Å². The summed E-state index contributed by atoms with van der Waals surface area (Å²) in [7, 11) is 0. The van der Waals surface area contributed by atoms with Gasteiger partial charge in [-0.15, -0.1) is 11.3 Å². The van der Waals surface area contributed by atoms with E-state index in [9.17, 15) is 0 Å². The van der Waals surface area contributed by atoms with Crippen molar-refractivity contribution >= 4 is 28.1 Å². The number of thiazole rings is 1. The number of anilines is 1. The summed E-state index contributed by atoms with van der Waals surface area (Å²) in [5.74, 6) is 1.81. The first-order valence-corrected chi connectivity index (χ1v) is 7.75. The normalized spacial score (nSPS) is 15.1. The van der Waals surface area contributed by atoms with Gasteiger partial charge in [0.05, 0.1) is 17.6 Å². The number of nitrogens with zero attached hydrogens (tertiary/aromatic N) is 3. The monoisotopic (exact) mass is 284 g/mol. The van der Waals surface area contributed by atoms with Crippen LogP contribution in [0.1, 0.15) is 35.3 Å². The number of nitrogen functional groups attached to an aromatic ring is 1. The van der Waals surface area contributed by atoms with Gasteiger partial charge in [0.15, 0.2) is 0 Å². The molecule has 3 aromatic rings. The second-order valence-electron chi connectivity index (χ2n) is 5.46. The maximum Gasteiger partial charge on any atom is 0.113 e. The van der Waals surface area contributed by atoms with Crippen molar-refractivity contribution in [3.63, 3.8) is 0 Å². The van der Waals surface area contributed by atoms with E-state index < -0.39 is 0 Å². The second-order valence-corrected chi connectivity index (χ2v) is 6.40. The summed E-state index contributed by atoms with van der Waals surface area (Å²) >= 11 is 1.72. The molecule has 0 radical (unpaired) electrons. The van der Waals surface area contributed by atoms with Crippen LogP contribution in [0.3, 0.4) is 0 Å². The average Bonchev–Trinajstić information content (AvgIpc) is 3.10. The SMILES string of the molecule is Cc1csc(Cn2c(C3CC3)nc3cc(N)ccc32)n1. The van der Waals surface area contributed by atoms with Crippen molar-refractivity contribution < 1.29 is 0 Å². The number of rotatable bonds is 3. The Kier molecular flexibility index (Phi) is 2.57. The highest BCUT2D eigenvalue weighted by Crippen LogP contribution is 2.41. The maximum absolute atomic E-state index is 5.87. The third kappa shape index (κ3) is 1.98. The number of imidazole rings is 1. The van der Waals surface area contributed by atoms with Crippen LogP contribution in [-0.4, -0.2) is 14.5 Å². The zero-order valence-corrected chi connectivity index (χ0v) is 12.2. The molecule has 20 heavy (non-hydrogen) atoms. The molecule has 1 saturated carbocycles. The summed E-state index contributed by atoms with van der Waals surface area (Å²) < 4.78 is 2.31. The lowest BCUT2D eigenvalue weighted by atomic mass is 10.3. The Labute approximate surface area is 121 Å². The molecule has 1 fully saturated rings. The smallest absolute Gasteiger partial charge is 0.113 e. The van der Waals surface area contributed by atoms with Gasteiger partial charge < -0.3 is 10.3 Å². The number of fused-ring (bicyclic) bond motifs is 1. The summed E-state index contributed by atoms with van der Waals surface area (Å²) in [6, 6.07) is 5.99. The first kappa shape index (κ1) is 11.9. The zero-order chi connectivity index (χ0) is 13.7. The Hall–Kier alpha value is -1.88. The second kappa shape index (κ2) is 4.31. The number of hydrogen-bond acceptors (Lipinski definition) is 4. The molecule has 0 aliphatic heterocycles. The van der Waals surface area contributed by atoms with Crippen LogP contribution >= 0.6 is 11.3 Å². The van der Waals surface area contributed by atoms with Gasteiger partial charge >= 0.3 is 0 Å². The van der Waals surface area contributed by atoms with Crippen LogP contribution in [0.5, 0.6) is 0 Å². The number of aromatic nitrogens is 3. The van der Waals surface area contributed by atoms with Gasteiger partial charge in [-0.05, 0) is 38.0 Å². The highest BCUT2D eigenvalue weighted by Gasteiger charge is 2.29. The van der Waals surface area contributed by atoms with Crippen molar-refractivity contribution in [2.45, 2.75) is 32.2 Å². The lowest BCUT2D eigenvalue weighted by molar-refractivity contribution is 0.741. The van der Waals surface area contributed by atoms with Crippen LogP contribution in [0.4, 0.5) is 5.69 Å². The van der Waals surface area contributed by atoms with Crippen LogP contribution in [0.2, 0.25) is 0 Å². The van der Waals surface area contributed by atoms with E-state index in [1.165, 1.54) is 18.7 Å². The fourth-order valence-corrected chi connectivity index (χ4v) is 3.36. The minimum Gasteiger partial charge on any atom is -0.399 e. The van der Waals surface area contributed by atoms with Crippen LogP contribution < -0.4 is 5.73 Å². The fraction of sp³-hybridized carbons (Fsp3) is 0.333. The minimum absolute atomic E-state index is 0.615. The molecule has 2 aromatic heterocycles. The molecule has 0 atom stereocenters. The van der Waals surface area contributed by atoms with Crippen molar-refractivity contribution in [3.8, 4) is 0 Å². The van der Waals surface area contributed by atoms with Crippen molar-refractivity contribution in [1.82, 2.24) is 14.5 Å². The highest BCUT2D eigenvalue weighted by atomic mass is 32.1. The van der Waals surface area contributed by atoms with Gasteiger partial charge in [0.25, 0.3) is 0 Å². The number of benzene rings is 1. The number of aryl methyl sites for hydroxylation is 1. The van der Waals surface area contributed by atoms with Crippen LogP contribution in [0.25, 0.3) is 11.0 Å². The molecule has 0 bridgehead atoms. The summed E-state index contributed by atoms with van der Waals surface area (Å²) in [6.45, 7) is 2.85. The van der Waals surface area contributed by atoms with Gasteiger partial charge in [-0.3, -0.25) is 0 Å². The van der Waals surface area contributed by atoms with Gasteiger partial charge in [-0.1, -0.05) is 0 Å². The quantitative estimate of drug-likeness (QED) is 0.751. The Morgan fingerprint density at radius 2 is 2.20 bits per heavy atom. The summed E-state index contributed by atoms with van der Waals surface area (Å²) in [5.41, 5.74) is 9.89.